The van der Waals surface area contributed by atoms with Crippen molar-refractivity contribution in [3.05, 3.63) is 0 Å². The van der Waals surface area contributed by atoms with E-state index in [0.717, 1.165) is 31.3 Å². The lowest BCUT2D eigenvalue weighted by atomic mass is 9.98. The Balaban J connectivity index is 1.62. The SMILES string of the molecule is C[C@H](NC(=O)CCC1CCNC1)C1CCCC1. The molecule has 0 radical (unpaired) electrons. The lowest BCUT2D eigenvalue weighted by molar-refractivity contribution is -0.122. The molecule has 1 saturated heterocycles. The second-order valence-corrected chi connectivity index (χ2v) is 5.80. The van der Waals surface area contributed by atoms with Gasteiger partial charge in [0.2, 0.25) is 5.91 Å². The number of carbonyl (C=O) groups excluding carboxylic acids is 1. The lowest BCUT2D eigenvalue weighted by Gasteiger charge is -2.20. The number of carbonyl (C=O) groups is 1. The normalized spacial score (nSPS) is 27.2. The molecule has 1 heterocycles. The quantitative estimate of drug-likeness (QED) is 0.770. The van der Waals surface area contributed by atoms with E-state index in [1.54, 1.807) is 0 Å². The maximum atomic E-state index is 11.8. The van der Waals surface area contributed by atoms with Gasteiger partial charge < -0.3 is 10.6 Å². The van der Waals surface area contributed by atoms with Crippen molar-refractivity contribution in [2.24, 2.45) is 11.8 Å². The Hall–Kier alpha value is -0.570. The van der Waals surface area contributed by atoms with Gasteiger partial charge in [-0.15, -0.1) is 0 Å². The monoisotopic (exact) mass is 238 g/mol. The van der Waals surface area contributed by atoms with Gasteiger partial charge in [-0.3, -0.25) is 4.79 Å². The van der Waals surface area contributed by atoms with E-state index >= 15 is 0 Å². The molecule has 0 bridgehead atoms. The Morgan fingerprint density at radius 2 is 2.12 bits per heavy atom. The van der Waals surface area contributed by atoms with Crippen molar-refractivity contribution in [3.8, 4) is 0 Å². The van der Waals surface area contributed by atoms with Gasteiger partial charge in [0, 0.05) is 12.5 Å². The van der Waals surface area contributed by atoms with E-state index in [4.69, 9.17) is 0 Å². The summed E-state index contributed by atoms with van der Waals surface area (Å²) in [6.45, 7) is 4.40. The molecule has 0 spiro atoms. The van der Waals surface area contributed by atoms with E-state index in [0.29, 0.717) is 12.5 Å². The predicted molar refractivity (Wildman–Crippen MR) is 69.8 cm³/mol. The fraction of sp³-hybridized carbons (Fsp3) is 0.929. The third-order valence-electron chi connectivity index (χ3n) is 4.44. The summed E-state index contributed by atoms with van der Waals surface area (Å²) in [6.07, 6.45) is 8.30. The van der Waals surface area contributed by atoms with Crippen LogP contribution in [0.15, 0.2) is 0 Å². The zero-order valence-electron chi connectivity index (χ0n) is 11.0. The van der Waals surface area contributed by atoms with Gasteiger partial charge in [-0.2, -0.15) is 0 Å². The van der Waals surface area contributed by atoms with Crippen LogP contribution in [0.5, 0.6) is 0 Å². The van der Waals surface area contributed by atoms with Crippen molar-refractivity contribution < 1.29 is 4.79 Å². The molecule has 1 saturated carbocycles. The summed E-state index contributed by atoms with van der Waals surface area (Å²) in [5, 5.41) is 6.54. The number of hydrogen-bond donors (Lipinski definition) is 2. The van der Waals surface area contributed by atoms with Crippen molar-refractivity contribution in [1.29, 1.82) is 0 Å². The van der Waals surface area contributed by atoms with Crippen molar-refractivity contribution in [3.63, 3.8) is 0 Å². The Morgan fingerprint density at radius 3 is 2.76 bits per heavy atom. The molecule has 2 rings (SSSR count). The first-order chi connectivity index (χ1) is 8.25. The summed E-state index contributed by atoms with van der Waals surface area (Å²) < 4.78 is 0. The van der Waals surface area contributed by atoms with Gasteiger partial charge in [0.05, 0.1) is 0 Å². The summed E-state index contributed by atoms with van der Waals surface area (Å²) in [5.74, 6) is 1.71. The maximum Gasteiger partial charge on any atom is 0.220 e. The second kappa shape index (κ2) is 6.39. The van der Waals surface area contributed by atoms with Gasteiger partial charge in [0.25, 0.3) is 0 Å². The zero-order chi connectivity index (χ0) is 12.1. The molecule has 0 aromatic rings. The summed E-state index contributed by atoms with van der Waals surface area (Å²) in [7, 11) is 0. The molecule has 2 N–H and O–H groups in total. The molecular weight excluding hydrogens is 212 g/mol. The van der Waals surface area contributed by atoms with Crippen LogP contribution in [0, 0.1) is 11.8 Å². The first-order valence-electron chi connectivity index (χ1n) is 7.26. The summed E-state index contributed by atoms with van der Waals surface area (Å²) in [5.41, 5.74) is 0. The van der Waals surface area contributed by atoms with Crippen LogP contribution in [0.2, 0.25) is 0 Å². The first-order valence-corrected chi connectivity index (χ1v) is 7.26. The topological polar surface area (TPSA) is 41.1 Å². The van der Waals surface area contributed by atoms with Crippen LogP contribution in [0.1, 0.15) is 51.9 Å². The first kappa shape index (κ1) is 12.9. The minimum absolute atomic E-state index is 0.260. The maximum absolute atomic E-state index is 11.8. The number of nitrogens with one attached hydrogen (secondary N) is 2. The van der Waals surface area contributed by atoms with Crippen LogP contribution >= 0.6 is 0 Å². The van der Waals surface area contributed by atoms with E-state index in [-0.39, 0.29) is 5.91 Å². The van der Waals surface area contributed by atoms with Crippen molar-refractivity contribution in [1.82, 2.24) is 10.6 Å². The van der Waals surface area contributed by atoms with Gasteiger partial charge in [-0.05, 0) is 57.5 Å². The van der Waals surface area contributed by atoms with Crippen molar-refractivity contribution in [2.75, 3.05) is 13.1 Å². The summed E-state index contributed by atoms with van der Waals surface area (Å²) in [4.78, 5) is 11.8. The zero-order valence-corrected chi connectivity index (χ0v) is 11.0. The third kappa shape index (κ3) is 3.98. The molecule has 17 heavy (non-hydrogen) atoms. The summed E-state index contributed by atoms with van der Waals surface area (Å²) in [6, 6.07) is 0.381. The van der Waals surface area contributed by atoms with Crippen LogP contribution in [-0.4, -0.2) is 25.0 Å². The van der Waals surface area contributed by atoms with E-state index < -0.39 is 0 Å². The Bertz CT molecular complexity index is 243. The fourth-order valence-corrected chi connectivity index (χ4v) is 3.20. The molecule has 98 valence electrons. The molecule has 1 unspecified atom stereocenters. The van der Waals surface area contributed by atoms with E-state index in [9.17, 15) is 4.79 Å². The van der Waals surface area contributed by atoms with E-state index in [2.05, 4.69) is 17.6 Å². The Labute approximate surface area is 105 Å². The van der Waals surface area contributed by atoms with Crippen LogP contribution < -0.4 is 10.6 Å². The molecule has 2 fully saturated rings. The third-order valence-corrected chi connectivity index (χ3v) is 4.44. The highest BCUT2D eigenvalue weighted by Crippen LogP contribution is 2.27. The Morgan fingerprint density at radius 1 is 1.35 bits per heavy atom. The molecule has 1 amide bonds. The molecular formula is C14H26N2O. The molecule has 1 aliphatic carbocycles. The highest BCUT2D eigenvalue weighted by Gasteiger charge is 2.23. The highest BCUT2D eigenvalue weighted by molar-refractivity contribution is 5.76. The van der Waals surface area contributed by atoms with Gasteiger partial charge in [0.15, 0.2) is 0 Å². The molecule has 1 aliphatic heterocycles. The van der Waals surface area contributed by atoms with Crippen LogP contribution in [0.25, 0.3) is 0 Å². The smallest absolute Gasteiger partial charge is 0.220 e. The van der Waals surface area contributed by atoms with E-state index in [1.807, 2.05) is 0 Å². The van der Waals surface area contributed by atoms with Gasteiger partial charge in [0.1, 0.15) is 0 Å². The van der Waals surface area contributed by atoms with Crippen LogP contribution in [0.4, 0.5) is 0 Å². The van der Waals surface area contributed by atoms with Gasteiger partial charge in [-0.25, -0.2) is 0 Å². The largest absolute Gasteiger partial charge is 0.353 e. The van der Waals surface area contributed by atoms with Crippen molar-refractivity contribution in [2.45, 2.75) is 57.9 Å². The number of rotatable bonds is 5. The highest BCUT2D eigenvalue weighted by atomic mass is 16.1. The van der Waals surface area contributed by atoms with Gasteiger partial charge in [-0.1, -0.05) is 12.8 Å². The van der Waals surface area contributed by atoms with E-state index in [1.165, 1.54) is 32.1 Å². The molecule has 0 aromatic heterocycles. The average Bonchev–Trinajstić information content (AvgIpc) is 2.99. The Kier molecular flexibility index (Phi) is 4.84. The lowest BCUT2D eigenvalue weighted by Crippen LogP contribution is -2.37. The number of hydrogen-bond acceptors (Lipinski definition) is 2. The van der Waals surface area contributed by atoms with Gasteiger partial charge >= 0.3 is 0 Å². The molecule has 0 aromatic carbocycles. The minimum atomic E-state index is 0.260. The molecule has 2 aliphatic rings. The molecule has 3 heteroatoms. The van der Waals surface area contributed by atoms with Crippen molar-refractivity contribution >= 4 is 5.91 Å². The van der Waals surface area contributed by atoms with Crippen LogP contribution in [-0.2, 0) is 4.79 Å². The molecule has 3 nitrogen and oxygen atoms in total. The standard InChI is InChI=1S/C14H26N2O/c1-11(13-4-2-3-5-13)16-14(17)7-6-12-8-9-15-10-12/h11-13,15H,2-10H2,1H3,(H,16,17)/t11-,12?/m0/s1. The average molecular weight is 238 g/mol. The minimum Gasteiger partial charge on any atom is -0.353 e. The molecule has 2 atom stereocenters. The predicted octanol–water partition coefficient (Wildman–Crippen LogP) is 2.07. The van der Waals surface area contributed by atoms with Crippen LogP contribution in [0.3, 0.4) is 0 Å². The fourth-order valence-electron chi connectivity index (χ4n) is 3.20. The number of amides is 1. The second-order valence-electron chi connectivity index (χ2n) is 5.80. The summed E-state index contributed by atoms with van der Waals surface area (Å²) >= 11 is 0.